The Morgan fingerprint density at radius 2 is 2.17 bits per heavy atom. The van der Waals surface area contributed by atoms with Crippen LogP contribution in [0, 0.1) is 6.92 Å². The van der Waals surface area contributed by atoms with Crippen LogP contribution < -0.4 is 5.32 Å². The summed E-state index contributed by atoms with van der Waals surface area (Å²) < 4.78 is 29.7. The predicted octanol–water partition coefficient (Wildman–Crippen LogP) is 1.72. The van der Waals surface area contributed by atoms with Crippen LogP contribution in [0.15, 0.2) is 35.5 Å². The molecule has 8 heteroatoms. The molecule has 2 aromatic rings. The van der Waals surface area contributed by atoms with Crippen LogP contribution in [0.5, 0.6) is 0 Å². The van der Waals surface area contributed by atoms with Gasteiger partial charge in [-0.1, -0.05) is 17.7 Å². The number of halogens is 1. The minimum atomic E-state index is -3.65. The quantitative estimate of drug-likeness (QED) is 0.911. The fourth-order valence-electron chi connectivity index (χ4n) is 2.87. The Balaban J connectivity index is 2.06. The van der Waals surface area contributed by atoms with Gasteiger partial charge in [0.25, 0.3) is 0 Å². The van der Waals surface area contributed by atoms with Gasteiger partial charge in [-0.25, -0.2) is 13.4 Å². The van der Waals surface area contributed by atoms with E-state index in [-0.39, 0.29) is 10.9 Å². The highest BCUT2D eigenvalue weighted by Crippen LogP contribution is 2.30. The maximum absolute atomic E-state index is 13.2. The lowest BCUT2D eigenvalue weighted by Gasteiger charge is -2.35. The van der Waals surface area contributed by atoms with Gasteiger partial charge in [-0.2, -0.15) is 4.31 Å². The summed E-state index contributed by atoms with van der Waals surface area (Å²) in [6, 6.07) is 4.60. The van der Waals surface area contributed by atoms with Gasteiger partial charge in [-0.05, 0) is 24.6 Å². The number of nitrogens with one attached hydrogen (secondary N) is 1. The van der Waals surface area contributed by atoms with Crippen LogP contribution >= 0.6 is 11.6 Å². The minimum Gasteiger partial charge on any atom is -0.337 e. The first-order valence-electron chi connectivity index (χ1n) is 7.37. The zero-order valence-electron chi connectivity index (χ0n) is 13.0. The van der Waals surface area contributed by atoms with E-state index in [9.17, 15) is 8.42 Å². The van der Waals surface area contributed by atoms with E-state index in [4.69, 9.17) is 11.6 Å². The largest absolute Gasteiger partial charge is 0.337 e. The van der Waals surface area contributed by atoms with E-state index in [0.717, 1.165) is 5.82 Å². The molecule has 0 bridgehead atoms. The highest BCUT2D eigenvalue weighted by molar-refractivity contribution is 7.89. The van der Waals surface area contributed by atoms with Crippen LogP contribution in [0.25, 0.3) is 0 Å². The third-order valence-electron chi connectivity index (χ3n) is 4.09. The minimum absolute atomic E-state index is 0.256. The molecule has 0 aliphatic carbocycles. The van der Waals surface area contributed by atoms with Gasteiger partial charge in [0, 0.05) is 44.1 Å². The lowest BCUT2D eigenvalue weighted by atomic mass is 10.2. The number of aryl methyl sites for hydroxylation is 2. The number of hydrogen-bond donors (Lipinski definition) is 1. The molecule has 0 saturated carbocycles. The molecule has 6 nitrogen and oxygen atoms in total. The highest BCUT2D eigenvalue weighted by atomic mass is 35.5. The topological polar surface area (TPSA) is 67.2 Å². The van der Waals surface area contributed by atoms with Gasteiger partial charge < -0.3 is 9.88 Å². The van der Waals surface area contributed by atoms with Crippen molar-refractivity contribution in [3.63, 3.8) is 0 Å². The lowest BCUT2D eigenvalue weighted by molar-refractivity contribution is 0.258. The first kappa shape index (κ1) is 16.4. The molecule has 2 heterocycles. The number of sulfonamides is 1. The predicted molar refractivity (Wildman–Crippen MR) is 88.9 cm³/mol. The van der Waals surface area contributed by atoms with E-state index in [2.05, 4.69) is 10.3 Å². The maximum Gasteiger partial charge on any atom is 0.244 e. The summed E-state index contributed by atoms with van der Waals surface area (Å²) in [6.07, 6.45) is 3.50. The van der Waals surface area contributed by atoms with Crippen molar-refractivity contribution in [2.75, 3.05) is 19.6 Å². The Hall–Kier alpha value is -1.41. The van der Waals surface area contributed by atoms with Crippen molar-refractivity contribution in [2.45, 2.75) is 17.9 Å². The molecule has 1 aliphatic heterocycles. The van der Waals surface area contributed by atoms with E-state index in [1.165, 1.54) is 10.4 Å². The molecular weight excluding hydrogens is 336 g/mol. The number of benzene rings is 1. The van der Waals surface area contributed by atoms with E-state index in [1.54, 1.807) is 25.3 Å². The highest BCUT2D eigenvalue weighted by Gasteiger charge is 2.37. The number of imidazole rings is 1. The fourth-order valence-corrected chi connectivity index (χ4v) is 4.95. The molecule has 1 aromatic heterocycles. The first-order chi connectivity index (χ1) is 10.9. The molecule has 1 fully saturated rings. The van der Waals surface area contributed by atoms with E-state index >= 15 is 0 Å². The van der Waals surface area contributed by atoms with Gasteiger partial charge in [0.05, 0.1) is 10.9 Å². The van der Waals surface area contributed by atoms with Gasteiger partial charge in [-0.3, -0.25) is 0 Å². The Morgan fingerprint density at radius 3 is 2.87 bits per heavy atom. The second-order valence-electron chi connectivity index (χ2n) is 5.64. The summed E-state index contributed by atoms with van der Waals surface area (Å²) in [6.45, 7) is 3.32. The standard InChI is InChI=1S/C15H19ClN4O2S/c1-11-3-4-12(16)9-14(11)23(21,22)20-8-5-17-10-13(20)15-18-6-7-19(15)2/h3-4,6-7,9,13,17H,5,8,10H2,1-2H3. The molecule has 3 rings (SSSR count). The third-order valence-corrected chi connectivity index (χ3v) is 6.37. The average Bonchev–Trinajstić information content (AvgIpc) is 2.95. The van der Waals surface area contributed by atoms with Gasteiger partial charge in [0.2, 0.25) is 10.0 Å². The van der Waals surface area contributed by atoms with Crippen molar-refractivity contribution in [1.29, 1.82) is 0 Å². The molecule has 0 spiro atoms. The molecule has 1 N–H and O–H groups in total. The molecule has 23 heavy (non-hydrogen) atoms. The van der Waals surface area contributed by atoms with Crippen LogP contribution in [-0.2, 0) is 17.1 Å². The number of piperazine rings is 1. The van der Waals surface area contributed by atoms with Gasteiger partial charge in [-0.15, -0.1) is 0 Å². The number of aromatic nitrogens is 2. The van der Waals surface area contributed by atoms with Gasteiger partial charge in [0.15, 0.2) is 0 Å². The fraction of sp³-hybridized carbons (Fsp3) is 0.400. The molecule has 0 amide bonds. The van der Waals surface area contributed by atoms with Crippen molar-refractivity contribution < 1.29 is 8.42 Å². The molecule has 1 atom stereocenters. The second kappa shape index (κ2) is 6.24. The number of hydrogen-bond acceptors (Lipinski definition) is 4. The Labute approximate surface area is 141 Å². The van der Waals surface area contributed by atoms with Crippen molar-refractivity contribution in [3.8, 4) is 0 Å². The van der Waals surface area contributed by atoms with Gasteiger partial charge in [0.1, 0.15) is 5.82 Å². The third kappa shape index (κ3) is 3.01. The number of rotatable bonds is 3. The SMILES string of the molecule is Cc1ccc(Cl)cc1S(=O)(=O)N1CCNCC1c1nccn1C. The molecule has 0 radical (unpaired) electrons. The van der Waals surface area contributed by atoms with E-state index in [1.807, 2.05) is 17.8 Å². The Kier molecular flexibility index (Phi) is 4.46. The summed E-state index contributed by atoms with van der Waals surface area (Å²) in [7, 11) is -1.78. The molecule has 1 saturated heterocycles. The van der Waals surface area contributed by atoms with Crippen LogP contribution in [-0.4, -0.2) is 41.9 Å². The smallest absolute Gasteiger partial charge is 0.244 e. The molecule has 1 unspecified atom stereocenters. The summed E-state index contributed by atoms with van der Waals surface area (Å²) in [4.78, 5) is 4.58. The van der Waals surface area contributed by atoms with Crippen molar-refractivity contribution in [1.82, 2.24) is 19.2 Å². The monoisotopic (exact) mass is 354 g/mol. The summed E-state index contributed by atoms with van der Waals surface area (Å²) >= 11 is 6.01. The summed E-state index contributed by atoms with van der Waals surface area (Å²) in [5, 5.41) is 3.66. The average molecular weight is 355 g/mol. The van der Waals surface area contributed by atoms with Crippen LogP contribution in [0.3, 0.4) is 0 Å². The normalized spacial score (nSPS) is 19.9. The zero-order chi connectivity index (χ0) is 16.6. The second-order valence-corrected chi connectivity index (χ2v) is 7.94. The van der Waals surface area contributed by atoms with Gasteiger partial charge >= 0.3 is 0 Å². The Bertz CT molecular complexity index is 819. The van der Waals surface area contributed by atoms with Crippen LogP contribution in [0.1, 0.15) is 17.4 Å². The molecule has 1 aromatic carbocycles. The van der Waals surface area contributed by atoms with Crippen LogP contribution in [0.2, 0.25) is 5.02 Å². The first-order valence-corrected chi connectivity index (χ1v) is 9.19. The van der Waals surface area contributed by atoms with E-state index < -0.39 is 10.0 Å². The van der Waals surface area contributed by atoms with Crippen molar-refractivity contribution in [2.24, 2.45) is 7.05 Å². The zero-order valence-corrected chi connectivity index (χ0v) is 14.6. The van der Waals surface area contributed by atoms with E-state index in [0.29, 0.717) is 30.2 Å². The lowest BCUT2D eigenvalue weighted by Crippen LogP contribution is -2.49. The number of nitrogens with zero attached hydrogens (tertiary/aromatic N) is 3. The summed E-state index contributed by atoms with van der Waals surface area (Å²) in [5.41, 5.74) is 0.687. The van der Waals surface area contributed by atoms with Crippen molar-refractivity contribution >= 4 is 21.6 Å². The molecule has 124 valence electrons. The molecular formula is C15H19ClN4O2S. The Morgan fingerprint density at radius 1 is 1.39 bits per heavy atom. The maximum atomic E-state index is 13.2. The van der Waals surface area contributed by atoms with Crippen molar-refractivity contribution in [3.05, 3.63) is 47.0 Å². The van der Waals surface area contributed by atoms with Crippen LogP contribution in [0.4, 0.5) is 0 Å². The summed E-state index contributed by atoms with van der Waals surface area (Å²) in [5.74, 6) is 0.723. The molecule has 1 aliphatic rings.